The van der Waals surface area contributed by atoms with Crippen LogP contribution in [0.15, 0.2) is 11.7 Å². The van der Waals surface area contributed by atoms with E-state index in [2.05, 4.69) is 0 Å². The molecule has 0 rings (SSSR count). The van der Waals surface area contributed by atoms with Crippen LogP contribution >= 0.6 is 0 Å². The molecule has 0 aromatic rings. The van der Waals surface area contributed by atoms with Crippen molar-refractivity contribution in [1.29, 1.82) is 0 Å². The second-order valence-electron chi connectivity index (χ2n) is 3.16. The predicted octanol–water partition coefficient (Wildman–Crippen LogP) is 4.63. The molecule has 0 bridgehead atoms. The lowest BCUT2D eigenvalue weighted by Gasteiger charge is -2.29. The summed E-state index contributed by atoms with van der Waals surface area (Å²) in [6.45, 7) is -0.778. The van der Waals surface area contributed by atoms with Gasteiger partial charge in [-0.1, -0.05) is 0 Å². The number of halogens is 11. The number of allylic oxidation sites excluding steroid dienone is 2. The number of alkyl halides is 9. The Kier molecular flexibility index (Phi) is 4.02. The molecule has 0 nitrogen and oxygen atoms in total. The molecule has 0 aliphatic rings. The summed E-state index contributed by atoms with van der Waals surface area (Å²) in [6.07, 6.45) is -6.34. The molecule has 0 aromatic carbocycles. The molecule has 0 heterocycles. The average Bonchev–Trinajstić information content (AvgIpc) is 2.11. The molecule has 0 radical (unpaired) electrons. The molecule has 0 N–H and O–H groups in total. The van der Waals surface area contributed by atoms with Crippen LogP contribution in [-0.2, 0) is 0 Å². The molecule has 0 aromatic heterocycles. The third kappa shape index (κ3) is 2.69. The summed E-state index contributed by atoms with van der Waals surface area (Å²) in [5.41, 5.74) is 0. The first kappa shape index (κ1) is 17.0. The van der Waals surface area contributed by atoms with Gasteiger partial charge in [0.25, 0.3) is 0 Å². The third-order valence-corrected chi connectivity index (χ3v) is 1.66. The highest BCUT2D eigenvalue weighted by Gasteiger charge is 2.73. The maximum Gasteiger partial charge on any atom is 0.445 e. The quantitative estimate of drug-likeness (QED) is 0.666. The van der Waals surface area contributed by atoms with Crippen molar-refractivity contribution in [2.75, 3.05) is 0 Å². The van der Waals surface area contributed by atoms with Crippen LogP contribution in [0.5, 0.6) is 0 Å². The summed E-state index contributed by atoms with van der Waals surface area (Å²) in [4.78, 5) is 0. The Bertz CT molecular complexity index is 341. The van der Waals surface area contributed by atoms with Crippen LogP contribution in [0.3, 0.4) is 0 Å². The van der Waals surface area contributed by atoms with Gasteiger partial charge in [-0.05, 0) is 0 Å². The highest BCUT2D eigenvalue weighted by Crippen LogP contribution is 2.51. The first-order valence-corrected chi connectivity index (χ1v) is 3.83. The highest BCUT2D eigenvalue weighted by atomic mass is 19.4. The van der Waals surface area contributed by atoms with Gasteiger partial charge in [0.2, 0.25) is 11.7 Å². The summed E-state index contributed by atoms with van der Waals surface area (Å²) in [5.74, 6) is -27.3. The van der Waals surface area contributed by atoms with Gasteiger partial charge in [0.05, 0.1) is 0 Å². The van der Waals surface area contributed by atoms with E-state index in [0.717, 1.165) is 0 Å². The summed E-state index contributed by atoms with van der Waals surface area (Å²) in [6, 6.07) is 0. The molecule has 0 aliphatic heterocycles. The molecule has 18 heavy (non-hydrogen) atoms. The van der Waals surface area contributed by atoms with E-state index in [0.29, 0.717) is 0 Å². The Morgan fingerprint density at radius 3 is 1.22 bits per heavy atom. The third-order valence-electron chi connectivity index (χ3n) is 1.66. The predicted molar refractivity (Wildman–Crippen MR) is 35.8 cm³/mol. The monoisotopic (exact) mass is 296 g/mol. The highest BCUT2D eigenvalue weighted by molar-refractivity contribution is 5.19. The molecule has 0 spiro atoms. The second kappa shape index (κ2) is 4.26. The fraction of sp³-hybridized carbons (Fsp3) is 0.714. The molecule has 108 valence electrons. The van der Waals surface area contributed by atoms with Crippen LogP contribution < -0.4 is 0 Å². The number of hydrogen-bond donors (Lipinski definition) is 0. The van der Waals surface area contributed by atoms with Crippen LogP contribution in [-0.4, -0.2) is 23.9 Å². The smallest absolute Gasteiger partial charge is 0.202 e. The van der Waals surface area contributed by atoms with Crippen LogP contribution in [0.25, 0.3) is 0 Å². The Balaban J connectivity index is 5.83. The fourth-order valence-corrected chi connectivity index (χ4v) is 0.676. The van der Waals surface area contributed by atoms with Crippen LogP contribution in [0.1, 0.15) is 6.92 Å². The van der Waals surface area contributed by atoms with Crippen molar-refractivity contribution in [1.82, 2.24) is 0 Å². The fourth-order valence-electron chi connectivity index (χ4n) is 0.676. The molecular weight excluding hydrogens is 293 g/mol. The van der Waals surface area contributed by atoms with E-state index in [9.17, 15) is 48.3 Å². The Morgan fingerprint density at radius 2 is 1.00 bits per heavy atom. The zero-order chi connectivity index (χ0) is 15.2. The van der Waals surface area contributed by atoms with Gasteiger partial charge in [-0.15, -0.1) is 0 Å². The van der Waals surface area contributed by atoms with Gasteiger partial charge < -0.3 is 0 Å². The lowest BCUT2D eigenvalue weighted by Crippen LogP contribution is -2.53. The van der Waals surface area contributed by atoms with E-state index in [4.69, 9.17) is 0 Å². The van der Waals surface area contributed by atoms with Crippen LogP contribution in [0.4, 0.5) is 48.3 Å². The Morgan fingerprint density at radius 1 is 0.667 bits per heavy atom. The standard InChI is InChI=1S/C7H3F11/c1-4(10,11)7(17,18)5(12,13)2(8)3(9)6(14,15)16/h1H3. The summed E-state index contributed by atoms with van der Waals surface area (Å²) >= 11 is 0. The van der Waals surface area contributed by atoms with E-state index in [1.807, 2.05) is 0 Å². The SMILES string of the molecule is CC(F)(F)C(F)(F)C(F)(F)C(F)=C(F)C(F)(F)F. The van der Waals surface area contributed by atoms with Crippen molar-refractivity contribution >= 4 is 0 Å². The minimum atomic E-state index is -6.65. The molecule has 0 aliphatic carbocycles. The van der Waals surface area contributed by atoms with Crippen molar-refractivity contribution in [2.24, 2.45) is 0 Å². The molecule has 0 saturated heterocycles. The van der Waals surface area contributed by atoms with Crippen molar-refractivity contribution in [3.8, 4) is 0 Å². The van der Waals surface area contributed by atoms with Crippen LogP contribution in [0.2, 0.25) is 0 Å². The lowest BCUT2D eigenvalue weighted by atomic mass is 10.0. The van der Waals surface area contributed by atoms with E-state index >= 15 is 0 Å². The minimum absolute atomic E-state index is 0.778. The molecule has 0 amide bonds. The van der Waals surface area contributed by atoms with Gasteiger partial charge in [-0.2, -0.15) is 43.9 Å². The van der Waals surface area contributed by atoms with Crippen molar-refractivity contribution in [3.05, 3.63) is 11.7 Å². The van der Waals surface area contributed by atoms with Crippen molar-refractivity contribution < 1.29 is 48.3 Å². The summed E-state index contributed by atoms with van der Waals surface area (Å²) in [7, 11) is 0. The zero-order valence-electron chi connectivity index (χ0n) is 8.16. The maximum atomic E-state index is 12.5. The Hall–Kier alpha value is -1.03. The molecule has 11 heteroatoms. The van der Waals surface area contributed by atoms with Gasteiger partial charge in [0.15, 0.2) is 0 Å². The van der Waals surface area contributed by atoms with E-state index in [-0.39, 0.29) is 0 Å². The molecule has 0 atom stereocenters. The molecule has 0 saturated carbocycles. The van der Waals surface area contributed by atoms with Gasteiger partial charge >= 0.3 is 23.9 Å². The van der Waals surface area contributed by atoms with E-state index in [1.54, 1.807) is 0 Å². The molecule has 0 fully saturated rings. The average molecular weight is 296 g/mol. The molecular formula is C7H3F11. The summed E-state index contributed by atoms with van der Waals surface area (Å²) in [5, 5.41) is 0. The summed E-state index contributed by atoms with van der Waals surface area (Å²) < 4.78 is 133. The number of hydrogen-bond acceptors (Lipinski definition) is 0. The minimum Gasteiger partial charge on any atom is -0.202 e. The van der Waals surface area contributed by atoms with Crippen molar-refractivity contribution in [3.63, 3.8) is 0 Å². The number of rotatable bonds is 3. The topological polar surface area (TPSA) is 0 Å². The van der Waals surface area contributed by atoms with Gasteiger partial charge in [-0.3, -0.25) is 0 Å². The largest absolute Gasteiger partial charge is 0.445 e. The van der Waals surface area contributed by atoms with Crippen LogP contribution in [0, 0.1) is 0 Å². The second-order valence-corrected chi connectivity index (χ2v) is 3.16. The normalized spacial score (nSPS) is 16.7. The van der Waals surface area contributed by atoms with Crippen molar-refractivity contribution in [2.45, 2.75) is 30.9 Å². The van der Waals surface area contributed by atoms with Gasteiger partial charge in [0, 0.05) is 6.92 Å². The van der Waals surface area contributed by atoms with E-state index < -0.39 is 42.5 Å². The van der Waals surface area contributed by atoms with Gasteiger partial charge in [-0.25, -0.2) is 4.39 Å². The lowest BCUT2D eigenvalue weighted by molar-refractivity contribution is -0.295. The van der Waals surface area contributed by atoms with E-state index in [1.165, 1.54) is 0 Å². The first-order valence-electron chi connectivity index (χ1n) is 3.83. The zero-order valence-corrected chi connectivity index (χ0v) is 8.16. The molecule has 0 unspecified atom stereocenters. The van der Waals surface area contributed by atoms with Gasteiger partial charge in [0.1, 0.15) is 0 Å². The Labute approximate surface area is 92.1 Å². The first-order chi connectivity index (χ1) is 7.57. The maximum absolute atomic E-state index is 12.5.